The Morgan fingerprint density at radius 3 is 2.35 bits per heavy atom. The first kappa shape index (κ1) is 26.2. The molecule has 0 bridgehead atoms. The molecule has 10 heteroatoms. The zero-order valence-electron chi connectivity index (χ0n) is 20.1. The summed E-state index contributed by atoms with van der Waals surface area (Å²) in [7, 11) is 1.54. The number of halogens is 4. The Labute approximate surface area is 215 Å². The van der Waals surface area contributed by atoms with Crippen molar-refractivity contribution in [1.29, 1.82) is 0 Å². The van der Waals surface area contributed by atoms with Crippen LogP contribution in [-0.2, 0) is 17.5 Å². The summed E-state index contributed by atoms with van der Waals surface area (Å²) in [6.07, 6.45) is -5.66. The van der Waals surface area contributed by atoms with Crippen LogP contribution in [0.2, 0.25) is 5.02 Å². The van der Waals surface area contributed by atoms with Gasteiger partial charge >= 0.3 is 12.1 Å². The number of methoxy groups -OCH3 is 1. The van der Waals surface area contributed by atoms with Gasteiger partial charge in [0.05, 0.1) is 28.9 Å². The fourth-order valence-corrected chi connectivity index (χ4v) is 4.04. The van der Waals surface area contributed by atoms with Crippen molar-refractivity contribution >= 4 is 28.5 Å². The van der Waals surface area contributed by atoms with E-state index in [2.05, 4.69) is 0 Å². The molecule has 1 aromatic heterocycles. The number of aliphatic carboxylic acids is 1. The number of nitrogens with zero attached hydrogens (tertiary/aromatic N) is 1. The Bertz CT molecular complexity index is 1450. The summed E-state index contributed by atoms with van der Waals surface area (Å²) in [6, 6.07) is 15.2. The molecule has 1 heterocycles. The van der Waals surface area contributed by atoms with Crippen LogP contribution in [0.1, 0.15) is 23.7 Å². The minimum absolute atomic E-state index is 0.157. The van der Waals surface area contributed by atoms with Crippen LogP contribution in [0.4, 0.5) is 13.2 Å². The van der Waals surface area contributed by atoms with E-state index in [0.29, 0.717) is 39.4 Å². The maximum Gasteiger partial charge on any atom is 0.416 e. The van der Waals surface area contributed by atoms with Crippen LogP contribution in [0, 0.1) is 6.92 Å². The molecular formula is C27H23ClF3NO5. The van der Waals surface area contributed by atoms with E-state index in [0.717, 1.165) is 12.1 Å². The summed E-state index contributed by atoms with van der Waals surface area (Å²) in [5.41, 5.74) is 0.782. The Morgan fingerprint density at radius 2 is 1.73 bits per heavy atom. The van der Waals surface area contributed by atoms with Crippen LogP contribution >= 0.6 is 11.6 Å². The van der Waals surface area contributed by atoms with Crippen molar-refractivity contribution in [2.75, 3.05) is 7.11 Å². The molecule has 0 amide bonds. The van der Waals surface area contributed by atoms with Crippen molar-refractivity contribution in [3.8, 4) is 23.0 Å². The van der Waals surface area contributed by atoms with Crippen molar-refractivity contribution in [1.82, 2.24) is 4.57 Å². The SMILES string of the molecule is COc1ccc(Oc2c(C)n(Cc3ccc(Cl)c(OC(C)C(=O)O)c3)c3cc(C(F)(F)F)ccc23)cc1. The van der Waals surface area contributed by atoms with Crippen LogP contribution in [0.25, 0.3) is 10.9 Å². The van der Waals surface area contributed by atoms with Gasteiger partial charge in [-0.15, -0.1) is 0 Å². The van der Waals surface area contributed by atoms with Gasteiger partial charge in [0.25, 0.3) is 0 Å². The average Bonchev–Trinajstić information content (AvgIpc) is 3.11. The van der Waals surface area contributed by atoms with E-state index in [1.165, 1.54) is 13.0 Å². The minimum Gasteiger partial charge on any atom is -0.497 e. The molecule has 194 valence electrons. The number of ether oxygens (including phenoxy) is 3. The summed E-state index contributed by atoms with van der Waals surface area (Å²) in [5.74, 6) is 0.549. The predicted octanol–water partition coefficient (Wildman–Crippen LogP) is 7.32. The third-order valence-corrected chi connectivity index (χ3v) is 6.17. The maximum absolute atomic E-state index is 13.6. The van der Waals surface area contributed by atoms with E-state index in [4.69, 9.17) is 30.9 Å². The summed E-state index contributed by atoms with van der Waals surface area (Å²) in [5, 5.41) is 9.88. The fourth-order valence-electron chi connectivity index (χ4n) is 3.88. The number of carboxylic acids is 1. The number of carbonyl (C=O) groups is 1. The normalized spacial score (nSPS) is 12.4. The van der Waals surface area contributed by atoms with E-state index >= 15 is 0 Å². The average molecular weight is 534 g/mol. The van der Waals surface area contributed by atoms with Gasteiger partial charge in [-0.2, -0.15) is 13.2 Å². The van der Waals surface area contributed by atoms with Gasteiger partial charge in [-0.05, 0) is 74.0 Å². The largest absolute Gasteiger partial charge is 0.497 e. The topological polar surface area (TPSA) is 69.9 Å². The lowest BCUT2D eigenvalue weighted by Gasteiger charge is -2.15. The molecule has 1 N–H and O–H groups in total. The van der Waals surface area contributed by atoms with Crippen molar-refractivity contribution in [2.24, 2.45) is 0 Å². The first-order valence-corrected chi connectivity index (χ1v) is 11.6. The third kappa shape index (κ3) is 5.61. The number of rotatable bonds is 8. The molecule has 0 aliphatic rings. The number of hydrogen-bond donors (Lipinski definition) is 1. The van der Waals surface area contributed by atoms with E-state index < -0.39 is 23.8 Å². The number of hydrogen-bond acceptors (Lipinski definition) is 4. The molecule has 0 aliphatic heterocycles. The standard InChI is InChI=1S/C27H23ClF3NO5/c1-15-25(37-20-8-6-19(35-3)7-9-20)21-10-5-18(27(29,30)31)13-23(21)32(15)14-17-4-11-22(28)24(12-17)36-16(2)26(33)34/h4-13,16H,14H2,1-3H3,(H,33,34). The second kappa shape index (κ2) is 10.3. The van der Waals surface area contributed by atoms with Crippen molar-refractivity contribution in [3.63, 3.8) is 0 Å². The van der Waals surface area contributed by atoms with Crippen molar-refractivity contribution in [3.05, 3.63) is 82.5 Å². The lowest BCUT2D eigenvalue weighted by Crippen LogP contribution is -2.23. The van der Waals surface area contributed by atoms with Gasteiger partial charge in [0, 0.05) is 11.9 Å². The Hall–Kier alpha value is -3.85. The molecule has 37 heavy (non-hydrogen) atoms. The molecule has 4 rings (SSSR count). The first-order valence-electron chi connectivity index (χ1n) is 11.2. The number of aromatic nitrogens is 1. The van der Waals surface area contributed by atoms with E-state index in [-0.39, 0.29) is 17.3 Å². The third-order valence-electron chi connectivity index (χ3n) is 5.86. The van der Waals surface area contributed by atoms with Crippen molar-refractivity contribution < 1.29 is 37.3 Å². The summed E-state index contributed by atoms with van der Waals surface area (Å²) >= 11 is 6.18. The Kier molecular flexibility index (Phi) is 7.27. The molecule has 0 aliphatic carbocycles. The highest BCUT2D eigenvalue weighted by Gasteiger charge is 2.31. The number of benzene rings is 3. The van der Waals surface area contributed by atoms with Gasteiger partial charge in [0.2, 0.25) is 0 Å². The monoisotopic (exact) mass is 533 g/mol. The molecule has 4 aromatic rings. The predicted molar refractivity (Wildman–Crippen MR) is 133 cm³/mol. The van der Waals surface area contributed by atoms with Gasteiger partial charge in [0.15, 0.2) is 11.9 Å². The molecule has 6 nitrogen and oxygen atoms in total. The van der Waals surface area contributed by atoms with E-state index in [1.54, 1.807) is 61.1 Å². The second-order valence-corrected chi connectivity index (χ2v) is 8.78. The molecule has 0 radical (unpaired) electrons. The highest BCUT2D eigenvalue weighted by Crippen LogP contribution is 2.40. The molecule has 0 spiro atoms. The molecule has 3 aromatic carbocycles. The van der Waals surface area contributed by atoms with Gasteiger partial charge < -0.3 is 23.9 Å². The molecular weight excluding hydrogens is 511 g/mol. The molecule has 0 saturated heterocycles. The summed E-state index contributed by atoms with van der Waals surface area (Å²) in [4.78, 5) is 11.2. The van der Waals surface area contributed by atoms with E-state index in [1.807, 2.05) is 0 Å². The smallest absolute Gasteiger partial charge is 0.416 e. The quantitative estimate of drug-likeness (QED) is 0.257. The fraction of sp³-hybridized carbons (Fsp3) is 0.222. The van der Waals surface area contributed by atoms with Crippen LogP contribution in [0.5, 0.6) is 23.0 Å². The van der Waals surface area contributed by atoms with Crippen LogP contribution in [0.3, 0.4) is 0 Å². The van der Waals surface area contributed by atoms with Gasteiger partial charge in [-0.1, -0.05) is 17.7 Å². The lowest BCUT2D eigenvalue weighted by molar-refractivity contribution is -0.144. The summed E-state index contributed by atoms with van der Waals surface area (Å²) in [6.45, 7) is 3.28. The van der Waals surface area contributed by atoms with Crippen LogP contribution < -0.4 is 14.2 Å². The molecule has 0 fully saturated rings. The van der Waals surface area contributed by atoms with Gasteiger partial charge in [0.1, 0.15) is 17.2 Å². The molecule has 1 atom stereocenters. The van der Waals surface area contributed by atoms with E-state index in [9.17, 15) is 18.0 Å². The lowest BCUT2D eigenvalue weighted by atomic mass is 10.1. The zero-order valence-corrected chi connectivity index (χ0v) is 20.9. The molecule has 1 unspecified atom stereocenters. The zero-order chi connectivity index (χ0) is 26.9. The maximum atomic E-state index is 13.6. The Balaban J connectivity index is 1.79. The second-order valence-electron chi connectivity index (χ2n) is 8.37. The number of fused-ring (bicyclic) bond motifs is 1. The first-order chi connectivity index (χ1) is 17.5. The number of alkyl halides is 3. The van der Waals surface area contributed by atoms with Crippen LogP contribution in [-0.4, -0.2) is 28.9 Å². The van der Waals surface area contributed by atoms with Crippen molar-refractivity contribution in [2.45, 2.75) is 32.7 Å². The highest BCUT2D eigenvalue weighted by molar-refractivity contribution is 6.32. The van der Waals surface area contributed by atoms with Gasteiger partial charge in [-0.25, -0.2) is 4.79 Å². The number of carboxylic acid groups (broad SMARTS) is 1. The molecule has 0 saturated carbocycles. The Morgan fingerprint density at radius 1 is 1.05 bits per heavy atom. The van der Waals surface area contributed by atoms with Gasteiger partial charge in [-0.3, -0.25) is 0 Å². The summed E-state index contributed by atoms with van der Waals surface area (Å²) < 4.78 is 59.1. The highest BCUT2D eigenvalue weighted by atomic mass is 35.5. The van der Waals surface area contributed by atoms with Crippen LogP contribution in [0.15, 0.2) is 60.7 Å². The minimum atomic E-state index is -4.53.